The summed E-state index contributed by atoms with van der Waals surface area (Å²) in [5.41, 5.74) is 1.30. The highest BCUT2D eigenvalue weighted by atomic mass is 32.3. The van der Waals surface area contributed by atoms with Crippen molar-refractivity contribution < 1.29 is 21.5 Å². The van der Waals surface area contributed by atoms with Gasteiger partial charge in [-0.25, -0.2) is 4.39 Å². The number of hydrogen-bond donors (Lipinski definition) is 1. The van der Waals surface area contributed by atoms with Crippen LogP contribution in [0.5, 0.6) is 0 Å². The van der Waals surface area contributed by atoms with Crippen LogP contribution in [0, 0.1) is 11.7 Å². The molecular weight excluding hydrogens is 324 g/mol. The van der Waals surface area contributed by atoms with Gasteiger partial charge in [0.15, 0.2) is 0 Å². The summed E-state index contributed by atoms with van der Waals surface area (Å²) in [6.45, 7) is 0. The highest BCUT2D eigenvalue weighted by Crippen LogP contribution is 2.47. The number of benzene rings is 2. The van der Waals surface area contributed by atoms with Crippen LogP contribution >= 0.6 is 0 Å². The topological polar surface area (TPSA) is 63.2 Å². The zero-order valence-electron chi connectivity index (χ0n) is 11.9. The maximum absolute atomic E-state index is 12.9. The van der Waals surface area contributed by atoms with Crippen molar-refractivity contribution in [3.63, 3.8) is 0 Å². The van der Waals surface area contributed by atoms with E-state index in [1.54, 1.807) is 12.1 Å². The second kappa shape index (κ2) is 5.73. The molecular formula is C16H13F2NO3S. The van der Waals surface area contributed by atoms with Gasteiger partial charge in [-0.1, -0.05) is 12.1 Å². The third kappa shape index (κ3) is 3.56. The number of hydrogen-bond acceptors (Lipinski definition) is 3. The van der Waals surface area contributed by atoms with E-state index in [0.717, 1.165) is 17.7 Å². The van der Waals surface area contributed by atoms with Crippen molar-refractivity contribution in [2.75, 3.05) is 5.32 Å². The van der Waals surface area contributed by atoms with Crippen molar-refractivity contribution in [3.8, 4) is 0 Å². The Kier molecular flexibility index (Phi) is 3.89. The zero-order chi connectivity index (χ0) is 16.6. The molecule has 120 valence electrons. The van der Waals surface area contributed by atoms with E-state index < -0.39 is 15.1 Å². The van der Waals surface area contributed by atoms with Gasteiger partial charge in [0.25, 0.3) is 0 Å². The molecule has 2 atom stereocenters. The number of nitrogens with one attached hydrogen (secondary N) is 1. The second-order valence-corrected chi connectivity index (χ2v) is 6.80. The standard InChI is InChI=1S/C16H13F2NO3S/c17-11-3-1-10(2-4-11)14-9-15(14)16(20)19-12-5-7-13(8-6-12)23(18,21)22/h1-8,14-15H,9H2,(H,19,20)/t14-,15+/m1/s1. The van der Waals surface area contributed by atoms with Crippen LogP contribution in [0.1, 0.15) is 17.9 Å². The zero-order valence-corrected chi connectivity index (χ0v) is 12.7. The van der Waals surface area contributed by atoms with E-state index in [0.29, 0.717) is 12.1 Å². The number of halogens is 2. The van der Waals surface area contributed by atoms with Crippen LogP contribution in [0.3, 0.4) is 0 Å². The molecule has 0 aromatic heterocycles. The van der Waals surface area contributed by atoms with E-state index in [9.17, 15) is 21.5 Å². The summed E-state index contributed by atoms with van der Waals surface area (Å²) in [7, 11) is -4.74. The third-order valence-corrected chi connectivity index (χ3v) is 4.66. The van der Waals surface area contributed by atoms with Crippen LogP contribution in [0.25, 0.3) is 0 Å². The number of carbonyl (C=O) groups excluding carboxylic acids is 1. The van der Waals surface area contributed by atoms with E-state index in [4.69, 9.17) is 0 Å². The first-order valence-corrected chi connectivity index (χ1v) is 8.34. The molecule has 2 aromatic rings. The summed E-state index contributed by atoms with van der Waals surface area (Å²) in [4.78, 5) is 11.7. The lowest BCUT2D eigenvalue weighted by Crippen LogP contribution is -2.14. The van der Waals surface area contributed by atoms with Crippen LogP contribution < -0.4 is 5.32 Å². The highest BCUT2D eigenvalue weighted by Gasteiger charge is 2.43. The SMILES string of the molecule is O=C(Nc1ccc(S(=O)(=O)F)cc1)[C@H]1C[C@@H]1c1ccc(F)cc1. The Labute approximate surface area is 132 Å². The molecule has 7 heteroatoms. The minimum atomic E-state index is -4.74. The molecule has 1 amide bonds. The predicted molar refractivity (Wildman–Crippen MR) is 80.6 cm³/mol. The molecule has 3 rings (SSSR count). The van der Waals surface area contributed by atoms with Gasteiger partial charge in [-0.15, -0.1) is 3.89 Å². The molecule has 2 aromatic carbocycles. The van der Waals surface area contributed by atoms with Crippen LogP contribution in [0.15, 0.2) is 53.4 Å². The molecule has 1 aliphatic carbocycles. The Bertz CT molecular complexity index is 833. The molecule has 1 saturated carbocycles. The van der Waals surface area contributed by atoms with Crippen molar-refractivity contribution in [2.24, 2.45) is 5.92 Å². The first kappa shape index (κ1) is 15.6. The largest absolute Gasteiger partial charge is 0.332 e. The number of rotatable bonds is 4. The highest BCUT2D eigenvalue weighted by molar-refractivity contribution is 7.86. The molecule has 0 radical (unpaired) electrons. The first-order valence-electron chi connectivity index (χ1n) is 6.95. The van der Waals surface area contributed by atoms with Gasteiger partial charge >= 0.3 is 10.2 Å². The van der Waals surface area contributed by atoms with Crippen LogP contribution in [-0.4, -0.2) is 14.3 Å². The Balaban J connectivity index is 1.63. The lowest BCUT2D eigenvalue weighted by Gasteiger charge is -2.05. The van der Waals surface area contributed by atoms with Crippen LogP contribution in [-0.2, 0) is 15.0 Å². The smallest absolute Gasteiger partial charge is 0.326 e. The minimum Gasteiger partial charge on any atom is -0.326 e. The lowest BCUT2D eigenvalue weighted by atomic mass is 10.1. The van der Waals surface area contributed by atoms with Crippen molar-refractivity contribution in [2.45, 2.75) is 17.2 Å². The van der Waals surface area contributed by atoms with Gasteiger partial charge in [0, 0.05) is 11.6 Å². The second-order valence-electron chi connectivity index (χ2n) is 5.45. The molecule has 0 heterocycles. The summed E-state index contributed by atoms with van der Waals surface area (Å²) in [5, 5.41) is 2.66. The van der Waals surface area contributed by atoms with E-state index in [1.807, 2.05) is 0 Å². The van der Waals surface area contributed by atoms with Gasteiger partial charge in [-0.05, 0) is 54.3 Å². The molecule has 0 bridgehead atoms. The number of anilines is 1. The van der Waals surface area contributed by atoms with Gasteiger partial charge in [0.05, 0.1) is 4.90 Å². The van der Waals surface area contributed by atoms with Gasteiger partial charge in [0.2, 0.25) is 5.91 Å². The van der Waals surface area contributed by atoms with E-state index in [2.05, 4.69) is 5.32 Å². The Morgan fingerprint density at radius 2 is 1.65 bits per heavy atom. The first-order chi connectivity index (χ1) is 10.8. The molecule has 1 fully saturated rings. The summed E-state index contributed by atoms with van der Waals surface area (Å²) in [6.07, 6.45) is 0.675. The van der Waals surface area contributed by atoms with Crippen molar-refractivity contribution in [3.05, 3.63) is 59.9 Å². The average molecular weight is 337 g/mol. The molecule has 0 unspecified atom stereocenters. The Hall–Kier alpha value is -2.28. The number of carbonyl (C=O) groups is 1. The van der Waals surface area contributed by atoms with Crippen LogP contribution in [0.2, 0.25) is 0 Å². The monoisotopic (exact) mass is 337 g/mol. The lowest BCUT2D eigenvalue weighted by molar-refractivity contribution is -0.117. The fraction of sp³-hybridized carbons (Fsp3) is 0.188. The van der Waals surface area contributed by atoms with E-state index >= 15 is 0 Å². The maximum Gasteiger partial charge on any atom is 0.332 e. The quantitative estimate of drug-likeness (QED) is 0.871. The maximum atomic E-state index is 12.9. The van der Waals surface area contributed by atoms with Gasteiger partial charge in [-0.3, -0.25) is 4.79 Å². The third-order valence-electron chi connectivity index (χ3n) is 3.83. The van der Waals surface area contributed by atoms with Gasteiger partial charge in [-0.2, -0.15) is 8.42 Å². The Morgan fingerprint density at radius 1 is 1.04 bits per heavy atom. The summed E-state index contributed by atoms with van der Waals surface area (Å²) in [5.74, 6) is -0.667. The molecule has 0 saturated heterocycles. The molecule has 1 N–H and O–H groups in total. The van der Waals surface area contributed by atoms with Gasteiger partial charge in [0.1, 0.15) is 5.82 Å². The van der Waals surface area contributed by atoms with Crippen molar-refractivity contribution in [1.82, 2.24) is 0 Å². The number of amides is 1. The predicted octanol–water partition coefficient (Wildman–Crippen LogP) is 3.23. The minimum absolute atomic E-state index is 0.0566. The van der Waals surface area contributed by atoms with Crippen LogP contribution in [0.4, 0.5) is 14.0 Å². The summed E-state index contributed by atoms with van der Waals surface area (Å²) < 4.78 is 47.1. The van der Waals surface area contributed by atoms with E-state index in [-0.39, 0.29) is 23.6 Å². The van der Waals surface area contributed by atoms with E-state index in [1.165, 1.54) is 24.3 Å². The van der Waals surface area contributed by atoms with Crippen molar-refractivity contribution >= 4 is 21.8 Å². The van der Waals surface area contributed by atoms with Crippen molar-refractivity contribution in [1.29, 1.82) is 0 Å². The normalized spacial score (nSPS) is 20.1. The molecule has 0 spiro atoms. The fourth-order valence-electron chi connectivity index (χ4n) is 2.50. The molecule has 0 aliphatic heterocycles. The average Bonchev–Trinajstić information content (AvgIpc) is 3.28. The summed E-state index contributed by atoms with van der Waals surface area (Å²) >= 11 is 0. The summed E-state index contributed by atoms with van der Waals surface area (Å²) in [6, 6.07) is 10.9. The molecule has 4 nitrogen and oxygen atoms in total. The molecule has 1 aliphatic rings. The Morgan fingerprint density at radius 3 is 2.22 bits per heavy atom. The fourth-order valence-corrected chi connectivity index (χ4v) is 2.96. The van der Waals surface area contributed by atoms with Gasteiger partial charge < -0.3 is 5.32 Å². The molecule has 23 heavy (non-hydrogen) atoms.